The highest BCUT2D eigenvalue weighted by Crippen LogP contribution is 2.29. The van der Waals surface area contributed by atoms with Crippen molar-refractivity contribution < 1.29 is 0 Å². The van der Waals surface area contributed by atoms with Crippen LogP contribution in [0, 0.1) is 13.8 Å². The van der Waals surface area contributed by atoms with Gasteiger partial charge in [0.15, 0.2) is 0 Å². The average molecular weight is 292 g/mol. The highest BCUT2D eigenvalue weighted by molar-refractivity contribution is 7.99. The van der Waals surface area contributed by atoms with Gasteiger partial charge >= 0.3 is 0 Å². The molecule has 2 rings (SSSR count). The summed E-state index contributed by atoms with van der Waals surface area (Å²) in [5.41, 5.74) is 4.26. The van der Waals surface area contributed by atoms with Crippen LogP contribution >= 0.6 is 11.8 Å². The lowest BCUT2D eigenvalue weighted by atomic mass is 9.93. The molecule has 3 heteroatoms. The average Bonchev–Trinajstić information content (AvgIpc) is 2.44. The second-order valence-corrected chi connectivity index (χ2v) is 7.06. The molecule has 1 heterocycles. The lowest BCUT2D eigenvalue weighted by Gasteiger charge is -2.39. The molecule has 1 saturated heterocycles. The third-order valence-electron chi connectivity index (χ3n) is 4.21. The lowest BCUT2D eigenvalue weighted by Crippen LogP contribution is -2.48. The number of aryl methyl sites for hydroxylation is 2. The maximum Gasteiger partial charge on any atom is 0.0488 e. The fraction of sp³-hybridized carbons (Fsp3) is 0.647. The summed E-state index contributed by atoms with van der Waals surface area (Å²) in [6, 6.07) is 7.90. The first-order valence-electron chi connectivity index (χ1n) is 7.72. The van der Waals surface area contributed by atoms with Crippen LogP contribution in [0.5, 0.6) is 0 Å². The maximum absolute atomic E-state index is 3.80. The molecule has 1 aromatic rings. The SMILES string of the molecule is CCCNC(c1cc(C)ccc1C)C1CSCCN1C. The molecule has 1 aliphatic rings. The van der Waals surface area contributed by atoms with Crippen LogP contribution in [0.15, 0.2) is 18.2 Å². The number of thioether (sulfide) groups is 1. The first-order chi connectivity index (χ1) is 9.63. The maximum atomic E-state index is 3.80. The van der Waals surface area contributed by atoms with Gasteiger partial charge in [-0.2, -0.15) is 11.8 Å². The van der Waals surface area contributed by atoms with Gasteiger partial charge in [-0.3, -0.25) is 4.90 Å². The molecular weight excluding hydrogens is 264 g/mol. The van der Waals surface area contributed by atoms with E-state index in [1.165, 1.54) is 41.2 Å². The van der Waals surface area contributed by atoms with Crippen molar-refractivity contribution in [2.75, 3.05) is 31.6 Å². The summed E-state index contributed by atoms with van der Waals surface area (Å²) in [7, 11) is 2.27. The number of nitrogens with zero attached hydrogens (tertiary/aromatic N) is 1. The zero-order chi connectivity index (χ0) is 14.5. The highest BCUT2D eigenvalue weighted by atomic mass is 32.2. The Morgan fingerprint density at radius 1 is 1.40 bits per heavy atom. The first kappa shape index (κ1) is 15.9. The minimum absolute atomic E-state index is 0.452. The molecule has 0 spiro atoms. The molecule has 0 radical (unpaired) electrons. The van der Waals surface area contributed by atoms with Crippen molar-refractivity contribution in [2.24, 2.45) is 0 Å². The molecule has 0 amide bonds. The van der Waals surface area contributed by atoms with Gasteiger partial charge in [0, 0.05) is 30.1 Å². The van der Waals surface area contributed by atoms with E-state index in [4.69, 9.17) is 0 Å². The normalized spacial score (nSPS) is 21.9. The van der Waals surface area contributed by atoms with Crippen molar-refractivity contribution in [1.29, 1.82) is 0 Å². The monoisotopic (exact) mass is 292 g/mol. The van der Waals surface area contributed by atoms with E-state index in [2.05, 4.69) is 68.0 Å². The number of nitrogens with one attached hydrogen (secondary N) is 1. The van der Waals surface area contributed by atoms with Gasteiger partial charge in [0.2, 0.25) is 0 Å². The van der Waals surface area contributed by atoms with Gasteiger partial charge in [-0.1, -0.05) is 30.7 Å². The Morgan fingerprint density at radius 2 is 2.20 bits per heavy atom. The van der Waals surface area contributed by atoms with Crippen molar-refractivity contribution in [1.82, 2.24) is 10.2 Å². The van der Waals surface area contributed by atoms with Crippen LogP contribution in [0.25, 0.3) is 0 Å². The molecule has 0 aromatic heterocycles. The van der Waals surface area contributed by atoms with Gasteiger partial charge in [0.1, 0.15) is 0 Å². The quantitative estimate of drug-likeness (QED) is 0.895. The standard InChI is InChI=1S/C17H28N2S/c1-5-8-18-17(16-12-20-10-9-19(16)4)15-11-13(2)6-7-14(15)3/h6-7,11,16-18H,5,8-10,12H2,1-4H3. The Balaban J connectivity index is 2.28. The van der Waals surface area contributed by atoms with E-state index < -0.39 is 0 Å². The minimum atomic E-state index is 0.452. The van der Waals surface area contributed by atoms with Gasteiger partial charge < -0.3 is 5.32 Å². The Bertz CT molecular complexity index is 433. The molecule has 1 fully saturated rings. The van der Waals surface area contributed by atoms with E-state index >= 15 is 0 Å². The number of likely N-dealkylation sites (N-methyl/N-ethyl adjacent to an activating group) is 1. The van der Waals surface area contributed by atoms with Gasteiger partial charge in [0.25, 0.3) is 0 Å². The van der Waals surface area contributed by atoms with Crippen LogP contribution < -0.4 is 5.32 Å². The molecule has 2 nitrogen and oxygen atoms in total. The van der Waals surface area contributed by atoms with Gasteiger partial charge in [-0.05, 0) is 45.0 Å². The van der Waals surface area contributed by atoms with Crippen LogP contribution in [0.2, 0.25) is 0 Å². The zero-order valence-corrected chi connectivity index (χ0v) is 14.1. The smallest absolute Gasteiger partial charge is 0.0488 e. The molecule has 20 heavy (non-hydrogen) atoms. The lowest BCUT2D eigenvalue weighted by molar-refractivity contribution is 0.215. The van der Waals surface area contributed by atoms with E-state index in [9.17, 15) is 0 Å². The summed E-state index contributed by atoms with van der Waals surface area (Å²) in [5.74, 6) is 2.49. The summed E-state index contributed by atoms with van der Waals surface area (Å²) in [6.45, 7) is 8.97. The highest BCUT2D eigenvalue weighted by Gasteiger charge is 2.29. The van der Waals surface area contributed by atoms with E-state index in [1.807, 2.05) is 0 Å². The fourth-order valence-corrected chi connectivity index (χ4v) is 4.18. The van der Waals surface area contributed by atoms with Crippen molar-refractivity contribution in [3.8, 4) is 0 Å². The number of rotatable bonds is 5. The molecule has 0 aliphatic carbocycles. The molecule has 0 bridgehead atoms. The van der Waals surface area contributed by atoms with Gasteiger partial charge in [0.05, 0.1) is 0 Å². The molecular formula is C17H28N2S. The largest absolute Gasteiger partial charge is 0.309 e. The topological polar surface area (TPSA) is 15.3 Å². The third-order valence-corrected chi connectivity index (χ3v) is 5.26. The Hall–Kier alpha value is -0.510. The Kier molecular flexibility index (Phi) is 5.94. The minimum Gasteiger partial charge on any atom is -0.309 e. The van der Waals surface area contributed by atoms with E-state index in [1.54, 1.807) is 0 Å². The molecule has 1 aromatic carbocycles. The van der Waals surface area contributed by atoms with Crippen LogP contribution in [-0.4, -0.2) is 42.6 Å². The van der Waals surface area contributed by atoms with Crippen LogP contribution in [0.1, 0.15) is 36.1 Å². The molecule has 1 aliphatic heterocycles. The summed E-state index contributed by atoms with van der Waals surface area (Å²) >= 11 is 2.09. The third kappa shape index (κ3) is 3.78. The summed E-state index contributed by atoms with van der Waals surface area (Å²) in [4.78, 5) is 2.53. The van der Waals surface area contributed by atoms with E-state index in [0.717, 1.165) is 6.54 Å². The summed E-state index contributed by atoms with van der Waals surface area (Å²) in [6.07, 6.45) is 1.19. The zero-order valence-electron chi connectivity index (χ0n) is 13.3. The number of hydrogen-bond donors (Lipinski definition) is 1. The molecule has 2 unspecified atom stereocenters. The van der Waals surface area contributed by atoms with Crippen molar-refractivity contribution in [2.45, 2.75) is 39.3 Å². The van der Waals surface area contributed by atoms with Crippen molar-refractivity contribution >= 4 is 11.8 Å². The second kappa shape index (κ2) is 7.48. The number of hydrogen-bond acceptors (Lipinski definition) is 3. The van der Waals surface area contributed by atoms with Crippen LogP contribution in [0.3, 0.4) is 0 Å². The number of benzene rings is 1. The molecule has 2 atom stereocenters. The Labute approximate surface area is 128 Å². The first-order valence-corrected chi connectivity index (χ1v) is 8.87. The predicted molar refractivity (Wildman–Crippen MR) is 90.7 cm³/mol. The molecule has 112 valence electrons. The van der Waals surface area contributed by atoms with Crippen molar-refractivity contribution in [3.63, 3.8) is 0 Å². The van der Waals surface area contributed by atoms with Crippen LogP contribution in [-0.2, 0) is 0 Å². The molecule has 1 N–H and O–H groups in total. The predicted octanol–water partition coefficient (Wildman–Crippen LogP) is 3.39. The van der Waals surface area contributed by atoms with Gasteiger partial charge in [-0.25, -0.2) is 0 Å². The molecule has 0 saturated carbocycles. The van der Waals surface area contributed by atoms with Crippen LogP contribution in [0.4, 0.5) is 0 Å². The van der Waals surface area contributed by atoms with Crippen molar-refractivity contribution in [3.05, 3.63) is 34.9 Å². The van der Waals surface area contributed by atoms with E-state index in [-0.39, 0.29) is 0 Å². The fourth-order valence-electron chi connectivity index (χ4n) is 2.90. The second-order valence-electron chi connectivity index (χ2n) is 5.91. The van der Waals surface area contributed by atoms with Gasteiger partial charge in [-0.15, -0.1) is 0 Å². The summed E-state index contributed by atoms with van der Waals surface area (Å²) < 4.78 is 0. The van der Waals surface area contributed by atoms with E-state index in [0.29, 0.717) is 12.1 Å². The summed E-state index contributed by atoms with van der Waals surface area (Å²) in [5, 5.41) is 3.80. The Morgan fingerprint density at radius 3 is 2.90 bits per heavy atom.